The Morgan fingerprint density at radius 1 is 1.47 bits per heavy atom. The average Bonchev–Trinajstić information content (AvgIpc) is 2.24. The number of nitrogens with zero attached hydrogens (tertiary/aromatic N) is 2. The van der Waals surface area contributed by atoms with Gasteiger partial charge in [0.15, 0.2) is 0 Å². The summed E-state index contributed by atoms with van der Waals surface area (Å²) in [6.45, 7) is 3.97. The maximum atomic E-state index is 5.56. The Kier molecular flexibility index (Phi) is 4.00. The molecule has 0 aliphatic heterocycles. The van der Waals surface area contributed by atoms with Crippen molar-refractivity contribution in [2.45, 2.75) is 32.6 Å². The minimum Gasteiger partial charge on any atom is -0.359 e. The number of aromatic nitrogens is 1. The largest absolute Gasteiger partial charge is 0.359 e. The van der Waals surface area contributed by atoms with Gasteiger partial charge in [0.25, 0.3) is 0 Å². The molecule has 0 aromatic carbocycles. The highest BCUT2D eigenvalue weighted by Crippen LogP contribution is 2.28. The molecule has 17 heavy (non-hydrogen) atoms. The lowest BCUT2D eigenvalue weighted by atomic mass is 9.85. The number of hydrogen-bond acceptors (Lipinski definition) is 3. The molecule has 94 valence electrons. The first-order valence-corrected chi connectivity index (χ1v) is 6.57. The van der Waals surface area contributed by atoms with Crippen LogP contribution in [-0.4, -0.2) is 25.1 Å². The van der Waals surface area contributed by atoms with E-state index in [1.54, 1.807) is 0 Å². The summed E-state index contributed by atoms with van der Waals surface area (Å²) in [6.07, 6.45) is 7.05. The fourth-order valence-corrected chi connectivity index (χ4v) is 2.48. The van der Waals surface area contributed by atoms with Crippen LogP contribution in [0.5, 0.6) is 0 Å². The lowest BCUT2D eigenvalue weighted by Gasteiger charge is -2.31. The molecule has 2 N–H and O–H groups in total. The topological polar surface area (TPSA) is 42.1 Å². The van der Waals surface area contributed by atoms with Gasteiger partial charge in [-0.25, -0.2) is 4.98 Å². The molecule has 1 fully saturated rings. The maximum Gasteiger partial charge on any atom is 0.131 e. The zero-order chi connectivity index (χ0) is 12.3. The fourth-order valence-electron chi connectivity index (χ4n) is 2.48. The van der Waals surface area contributed by atoms with Gasteiger partial charge in [-0.1, -0.05) is 12.5 Å². The monoisotopic (exact) mass is 233 g/mol. The molecule has 2 rings (SSSR count). The minimum absolute atomic E-state index is 0.693. The Bertz CT molecular complexity index is 372. The van der Waals surface area contributed by atoms with E-state index in [-0.39, 0.29) is 0 Å². The summed E-state index contributed by atoms with van der Waals surface area (Å²) >= 11 is 0. The Hall–Kier alpha value is -1.09. The first-order valence-electron chi connectivity index (χ1n) is 6.57. The third-order valence-corrected chi connectivity index (χ3v) is 3.66. The summed E-state index contributed by atoms with van der Waals surface area (Å²) in [5.41, 5.74) is 8.07. The van der Waals surface area contributed by atoms with Crippen LogP contribution in [0.3, 0.4) is 0 Å². The lowest BCUT2D eigenvalue weighted by Crippen LogP contribution is -2.30. The first-order chi connectivity index (χ1) is 8.20. The minimum atomic E-state index is 0.693. The van der Waals surface area contributed by atoms with E-state index in [9.17, 15) is 0 Å². The summed E-state index contributed by atoms with van der Waals surface area (Å²) in [7, 11) is 2.15. The summed E-state index contributed by atoms with van der Waals surface area (Å²) in [6, 6.07) is 2.21. The van der Waals surface area contributed by atoms with Crippen molar-refractivity contribution in [3.63, 3.8) is 0 Å². The van der Waals surface area contributed by atoms with E-state index in [0.29, 0.717) is 6.54 Å². The van der Waals surface area contributed by atoms with Crippen LogP contribution in [0, 0.1) is 12.8 Å². The van der Waals surface area contributed by atoms with Crippen molar-refractivity contribution in [1.82, 2.24) is 4.98 Å². The van der Waals surface area contributed by atoms with Crippen molar-refractivity contribution in [1.29, 1.82) is 0 Å². The summed E-state index contributed by atoms with van der Waals surface area (Å²) in [5.74, 6) is 2.00. The van der Waals surface area contributed by atoms with Crippen molar-refractivity contribution in [2.75, 3.05) is 25.0 Å². The molecule has 3 nitrogen and oxygen atoms in total. The number of hydrogen-bond donors (Lipinski definition) is 1. The van der Waals surface area contributed by atoms with Crippen LogP contribution in [0.1, 0.15) is 30.4 Å². The molecule has 1 heterocycles. The van der Waals surface area contributed by atoms with Gasteiger partial charge in [-0.3, -0.25) is 0 Å². The van der Waals surface area contributed by atoms with E-state index in [1.807, 2.05) is 6.20 Å². The molecular formula is C14H23N3. The van der Waals surface area contributed by atoms with Crippen LogP contribution in [0.25, 0.3) is 0 Å². The molecule has 0 unspecified atom stereocenters. The summed E-state index contributed by atoms with van der Waals surface area (Å²) in [5, 5.41) is 0. The van der Waals surface area contributed by atoms with Crippen molar-refractivity contribution in [3.8, 4) is 0 Å². The second-order valence-electron chi connectivity index (χ2n) is 5.20. The molecule has 0 radical (unpaired) electrons. The van der Waals surface area contributed by atoms with Gasteiger partial charge in [0.05, 0.1) is 0 Å². The Morgan fingerprint density at radius 2 is 2.24 bits per heavy atom. The SMILES string of the molecule is Cc1cc(CCN)cnc1N(C)CC1CCC1. The van der Waals surface area contributed by atoms with Gasteiger partial charge in [-0.15, -0.1) is 0 Å². The van der Waals surface area contributed by atoms with E-state index in [2.05, 4.69) is 29.9 Å². The highest BCUT2D eigenvalue weighted by Gasteiger charge is 2.20. The molecule has 1 aliphatic carbocycles. The fraction of sp³-hybridized carbons (Fsp3) is 0.643. The number of pyridine rings is 1. The second-order valence-corrected chi connectivity index (χ2v) is 5.20. The van der Waals surface area contributed by atoms with Gasteiger partial charge < -0.3 is 10.6 Å². The second kappa shape index (κ2) is 5.50. The van der Waals surface area contributed by atoms with E-state index < -0.39 is 0 Å². The van der Waals surface area contributed by atoms with E-state index in [0.717, 1.165) is 24.7 Å². The maximum absolute atomic E-state index is 5.56. The van der Waals surface area contributed by atoms with Crippen LogP contribution < -0.4 is 10.6 Å². The first kappa shape index (κ1) is 12.4. The lowest BCUT2D eigenvalue weighted by molar-refractivity contribution is 0.321. The van der Waals surface area contributed by atoms with Crippen LogP contribution in [0.2, 0.25) is 0 Å². The molecule has 3 heteroatoms. The van der Waals surface area contributed by atoms with E-state index in [1.165, 1.54) is 30.4 Å². The third-order valence-electron chi connectivity index (χ3n) is 3.66. The Labute approximate surface area is 104 Å². The van der Waals surface area contributed by atoms with Crippen LogP contribution >= 0.6 is 0 Å². The van der Waals surface area contributed by atoms with Gasteiger partial charge in [0.2, 0.25) is 0 Å². The van der Waals surface area contributed by atoms with Gasteiger partial charge in [-0.05, 0) is 49.8 Å². The molecule has 0 amide bonds. The van der Waals surface area contributed by atoms with Crippen LogP contribution in [0.4, 0.5) is 5.82 Å². The summed E-state index contributed by atoms with van der Waals surface area (Å²) < 4.78 is 0. The van der Waals surface area contributed by atoms with Crippen LogP contribution in [0.15, 0.2) is 12.3 Å². The van der Waals surface area contributed by atoms with Crippen LogP contribution in [-0.2, 0) is 6.42 Å². The number of anilines is 1. The van der Waals surface area contributed by atoms with Gasteiger partial charge in [0.1, 0.15) is 5.82 Å². The van der Waals surface area contributed by atoms with Crippen molar-refractivity contribution < 1.29 is 0 Å². The molecule has 0 atom stereocenters. The molecule has 0 spiro atoms. The van der Waals surface area contributed by atoms with Crippen molar-refractivity contribution >= 4 is 5.82 Å². The quantitative estimate of drug-likeness (QED) is 0.847. The highest BCUT2D eigenvalue weighted by atomic mass is 15.2. The molecule has 0 saturated heterocycles. The smallest absolute Gasteiger partial charge is 0.131 e. The van der Waals surface area contributed by atoms with Gasteiger partial charge in [0, 0.05) is 19.8 Å². The van der Waals surface area contributed by atoms with E-state index in [4.69, 9.17) is 5.73 Å². The zero-order valence-corrected chi connectivity index (χ0v) is 10.9. The number of aryl methyl sites for hydroxylation is 1. The Balaban J connectivity index is 2.03. The van der Waals surface area contributed by atoms with Gasteiger partial charge >= 0.3 is 0 Å². The Morgan fingerprint density at radius 3 is 2.76 bits per heavy atom. The van der Waals surface area contributed by atoms with Crippen molar-refractivity contribution in [2.24, 2.45) is 11.7 Å². The molecule has 1 saturated carbocycles. The predicted molar refractivity (Wildman–Crippen MR) is 72.3 cm³/mol. The molecule has 0 bridgehead atoms. The molecule has 1 aliphatic rings. The predicted octanol–water partition coefficient (Wildman–Crippen LogP) is 2.13. The normalized spacial score (nSPS) is 15.7. The standard InChI is InChI=1S/C14H23N3/c1-11-8-13(6-7-15)9-16-14(11)17(2)10-12-4-3-5-12/h8-9,12H,3-7,10,15H2,1-2H3. The summed E-state index contributed by atoms with van der Waals surface area (Å²) in [4.78, 5) is 6.88. The highest BCUT2D eigenvalue weighted by molar-refractivity contribution is 5.46. The number of nitrogens with two attached hydrogens (primary N) is 1. The molecular weight excluding hydrogens is 210 g/mol. The zero-order valence-electron chi connectivity index (χ0n) is 10.9. The molecule has 1 aromatic heterocycles. The molecule has 1 aromatic rings. The van der Waals surface area contributed by atoms with Gasteiger partial charge in [-0.2, -0.15) is 0 Å². The van der Waals surface area contributed by atoms with Crippen molar-refractivity contribution in [3.05, 3.63) is 23.4 Å². The number of rotatable bonds is 5. The van der Waals surface area contributed by atoms with E-state index >= 15 is 0 Å². The average molecular weight is 233 g/mol. The third kappa shape index (κ3) is 2.97.